The van der Waals surface area contributed by atoms with Gasteiger partial charge in [-0.25, -0.2) is 9.97 Å². The Hall–Kier alpha value is -6.58. The van der Waals surface area contributed by atoms with Crippen molar-refractivity contribution in [1.29, 1.82) is 0 Å². The molecular formula is C47H30N2O. The van der Waals surface area contributed by atoms with Gasteiger partial charge in [0.05, 0.1) is 16.8 Å². The van der Waals surface area contributed by atoms with Gasteiger partial charge in [-0.15, -0.1) is 0 Å². The van der Waals surface area contributed by atoms with Crippen LogP contribution in [0, 0.1) is 0 Å². The van der Waals surface area contributed by atoms with E-state index in [1.54, 1.807) is 0 Å². The summed E-state index contributed by atoms with van der Waals surface area (Å²) in [6.45, 7) is 0. The Morgan fingerprint density at radius 1 is 0.380 bits per heavy atom. The molecule has 7 aromatic carbocycles. The molecule has 0 spiro atoms. The second-order valence-corrected chi connectivity index (χ2v) is 12.9. The topological polar surface area (TPSA) is 38.9 Å². The third-order valence-corrected chi connectivity index (χ3v) is 10.2. The van der Waals surface area contributed by atoms with Gasteiger partial charge in [0.2, 0.25) is 0 Å². The number of benzene rings is 7. The first-order chi connectivity index (χ1) is 24.8. The van der Waals surface area contributed by atoms with Crippen molar-refractivity contribution in [3.05, 3.63) is 204 Å². The summed E-state index contributed by atoms with van der Waals surface area (Å²) in [4.78, 5) is 10.1. The van der Waals surface area contributed by atoms with Gasteiger partial charge in [0.1, 0.15) is 11.2 Å². The van der Waals surface area contributed by atoms with Crippen LogP contribution in [-0.4, -0.2) is 9.97 Å². The second-order valence-electron chi connectivity index (χ2n) is 12.9. The van der Waals surface area contributed by atoms with Gasteiger partial charge in [0.25, 0.3) is 0 Å². The van der Waals surface area contributed by atoms with Crippen molar-refractivity contribution >= 4 is 21.9 Å². The highest BCUT2D eigenvalue weighted by Gasteiger charge is 2.46. The maximum absolute atomic E-state index is 6.69. The molecule has 0 amide bonds. The Balaban J connectivity index is 1.20. The lowest BCUT2D eigenvalue weighted by molar-refractivity contribution is 0.666. The standard InChI is InChI=1S/C47H30N2O/c1-5-15-31(16-6-1)42-30-43(49-46(48-42)32-17-7-2-8-18-32)33-25-26-44-38(27-33)39-28-37-36-23-13-14-24-40(36)47(34-19-9-3-10-20-34,35-21-11-4-12-22-35)41(37)29-45(39)50-44/h1-30H. The average molecular weight is 639 g/mol. The predicted molar refractivity (Wildman–Crippen MR) is 203 cm³/mol. The summed E-state index contributed by atoms with van der Waals surface area (Å²) in [5.74, 6) is 0.701. The summed E-state index contributed by atoms with van der Waals surface area (Å²) >= 11 is 0. The third kappa shape index (κ3) is 4.30. The maximum Gasteiger partial charge on any atom is 0.160 e. The molecule has 1 aliphatic rings. The molecule has 0 aliphatic heterocycles. The van der Waals surface area contributed by atoms with Gasteiger partial charge in [-0.3, -0.25) is 0 Å². The number of aromatic nitrogens is 2. The van der Waals surface area contributed by atoms with Crippen LogP contribution in [0.5, 0.6) is 0 Å². The van der Waals surface area contributed by atoms with Crippen LogP contribution < -0.4 is 0 Å². The van der Waals surface area contributed by atoms with Crippen LogP contribution in [0.2, 0.25) is 0 Å². The summed E-state index contributed by atoms with van der Waals surface area (Å²) in [5, 5.41) is 2.16. The predicted octanol–water partition coefficient (Wildman–Crippen LogP) is 11.7. The molecule has 0 atom stereocenters. The molecule has 0 saturated heterocycles. The fourth-order valence-electron chi connectivity index (χ4n) is 7.94. The summed E-state index contributed by atoms with van der Waals surface area (Å²) < 4.78 is 6.69. The van der Waals surface area contributed by atoms with Crippen molar-refractivity contribution in [3.8, 4) is 45.0 Å². The van der Waals surface area contributed by atoms with E-state index in [9.17, 15) is 0 Å². The Bertz CT molecular complexity index is 2580. The molecule has 0 fully saturated rings. The molecule has 3 heteroatoms. The smallest absolute Gasteiger partial charge is 0.160 e. The highest BCUT2D eigenvalue weighted by Crippen LogP contribution is 2.57. The van der Waals surface area contributed by atoms with E-state index < -0.39 is 5.41 Å². The average Bonchev–Trinajstić information content (AvgIpc) is 3.70. The first-order valence-electron chi connectivity index (χ1n) is 17.0. The number of nitrogens with zero attached hydrogens (tertiary/aromatic N) is 2. The van der Waals surface area contributed by atoms with Crippen molar-refractivity contribution in [2.45, 2.75) is 5.41 Å². The van der Waals surface area contributed by atoms with E-state index in [2.05, 4.69) is 146 Å². The normalized spacial score (nSPS) is 13.0. The quantitative estimate of drug-likeness (QED) is 0.188. The van der Waals surface area contributed by atoms with Gasteiger partial charge in [-0.2, -0.15) is 0 Å². The first kappa shape index (κ1) is 28.4. The first-order valence-corrected chi connectivity index (χ1v) is 17.0. The third-order valence-electron chi connectivity index (χ3n) is 10.2. The van der Waals surface area contributed by atoms with Gasteiger partial charge < -0.3 is 4.42 Å². The summed E-state index contributed by atoms with van der Waals surface area (Å²) in [5.41, 5.74) is 13.5. The summed E-state index contributed by atoms with van der Waals surface area (Å²) in [6, 6.07) is 64.2. The minimum Gasteiger partial charge on any atom is -0.456 e. The Kier molecular flexibility index (Phi) is 6.40. The number of fused-ring (bicyclic) bond motifs is 6. The minimum atomic E-state index is -0.477. The highest BCUT2D eigenvalue weighted by atomic mass is 16.3. The van der Waals surface area contributed by atoms with Crippen LogP contribution in [0.1, 0.15) is 22.3 Å². The van der Waals surface area contributed by atoms with Gasteiger partial charge in [0.15, 0.2) is 5.82 Å². The lowest BCUT2D eigenvalue weighted by atomic mass is 9.67. The van der Waals surface area contributed by atoms with E-state index in [4.69, 9.17) is 14.4 Å². The zero-order valence-corrected chi connectivity index (χ0v) is 27.1. The maximum atomic E-state index is 6.69. The molecule has 0 unspecified atom stereocenters. The molecule has 234 valence electrons. The van der Waals surface area contributed by atoms with Crippen molar-refractivity contribution < 1.29 is 4.42 Å². The van der Waals surface area contributed by atoms with Crippen LogP contribution >= 0.6 is 0 Å². The van der Waals surface area contributed by atoms with E-state index in [1.165, 1.54) is 33.4 Å². The van der Waals surface area contributed by atoms with Crippen LogP contribution in [0.25, 0.3) is 67.0 Å². The van der Waals surface area contributed by atoms with Crippen molar-refractivity contribution in [3.63, 3.8) is 0 Å². The van der Waals surface area contributed by atoms with Crippen LogP contribution in [0.15, 0.2) is 186 Å². The molecule has 0 bridgehead atoms. The van der Waals surface area contributed by atoms with E-state index in [0.29, 0.717) is 5.82 Å². The molecule has 3 nitrogen and oxygen atoms in total. The van der Waals surface area contributed by atoms with E-state index in [-0.39, 0.29) is 0 Å². The Morgan fingerprint density at radius 2 is 0.940 bits per heavy atom. The number of hydrogen-bond acceptors (Lipinski definition) is 3. The molecule has 0 N–H and O–H groups in total. The summed E-state index contributed by atoms with van der Waals surface area (Å²) in [6.07, 6.45) is 0. The number of hydrogen-bond donors (Lipinski definition) is 0. The molecule has 50 heavy (non-hydrogen) atoms. The monoisotopic (exact) mass is 638 g/mol. The van der Waals surface area contributed by atoms with E-state index in [1.807, 2.05) is 36.4 Å². The molecule has 0 saturated carbocycles. The van der Waals surface area contributed by atoms with Gasteiger partial charge in [0, 0.05) is 27.5 Å². The largest absolute Gasteiger partial charge is 0.456 e. The van der Waals surface area contributed by atoms with E-state index in [0.717, 1.165) is 50.0 Å². The fourth-order valence-corrected chi connectivity index (χ4v) is 7.94. The Morgan fingerprint density at radius 3 is 1.62 bits per heavy atom. The van der Waals surface area contributed by atoms with Crippen LogP contribution in [0.4, 0.5) is 0 Å². The number of rotatable bonds is 5. The molecule has 10 rings (SSSR count). The Labute approximate surface area is 290 Å². The van der Waals surface area contributed by atoms with Crippen LogP contribution in [0.3, 0.4) is 0 Å². The molecule has 1 aliphatic carbocycles. The molecule has 0 radical (unpaired) electrons. The van der Waals surface area contributed by atoms with Gasteiger partial charge >= 0.3 is 0 Å². The molecule has 2 aromatic heterocycles. The highest BCUT2D eigenvalue weighted by molar-refractivity contribution is 6.09. The molecule has 2 heterocycles. The van der Waals surface area contributed by atoms with Crippen molar-refractivity contribution in [2.24, 2.45) is 0 Å². The van der Waals surface area contributed by atoms with Gasteiger partial charge in [-0.1, -0.05) is 146 Å². The van der Waals surface area contributed by atoms with Gasteiger partial charge in [-0.05, 0) is 69.8 Å². The SMILES string of the molecule is c1ccc(-c2cc(-c3ccc4oc5cc6c(cc5c4c3)-c3ccccc3C6(c3ccccc3)c3ccccc3)nc(-c3ccccc3)n2)cc1. The fraction of sp³-hybridized carbons (Fsp3) is 0.0213. The second kappa shape index (κ2) is 11.3. The zero-order valence-electron chi connectivity index (χ0n) is 27.1. The molecular weight excluding hydrogens is 609 g/mol. The molecule has 9 aromatic rings. The van der Waals surface area contributed by atoms with E-state index >= 15 is 0 Å². The number of furan rings is 1. The lowest BCUT2D eigenvalue weighted by Gasteiger charge is -2.33. The minimum absolute atomic E-state index is 0.477. The summed E-state index contributed by atoms with van der Waals surface area (Å²) in [7, 11) is 0. The van der Waals surface area contributed by atoms with Crippen LogP contribution in [-0.2, 0) is 5.41 Å². The van der Waals surface area contributed by atoms with Crippen molar-refractivity contribution in [1.82, 2.24) is 9.97 Å². The van der Waals surface area contributed by atoms with Crippen molar-refractivity contribution in [2.75, 3.05) is 0 Å². The zero-order chi connectivity index (χ0) is 33.1. The lowest BCUT2D eigenvalue weighted by Crippen LogP contribution is -2.28.